The number of carbonyl (C=O) groups excluding carboxylic acids is 1. The van der Waals surface area contributed by atoms with Crippen LogP contribution in [0, 0.1) is 5.82 Å². The van der Waals surface area contributed by atoms with E-state index in [2.05, 4.69) is 15.3 Å². The van der Waals surface area contributed by atoms with Crippen molar-refractivity contribution in [3.63, 3.8) is 0 Å². The number of benzene rings is 1. The molecule has 0 bridgehead atoms. The number of halogens is 4. The Kier molecular flexibility index (Phi) is 5.30. The Balaban J connectivity index is 1.70. The number of hydrogen-bond acceptors (Lipinski definition) is 4. The summed E-state index contributed by atoms with van der Waals surface area (Å²) in [6.45, 7) is 0.383. The van der Waals surface area contributed by atoms with Gasteiger partial charge < -0.3 is 5.32 Å². The SMILES string of the molecule is O=C(NC1CCCn2c1nc(-c1ccncc1)cc2=O)c1ccc(F)cc1C(F)(F)F. The maximum Gasteiger partial charge on any atom is 0.417 e. The Bertz CT molecular complexity index is 1190. The summed E-state index contributed by atoms with van der Waals surface area (Å²) in [6.07, 6.45) is -0.895. The topological polar surface area (TPSA) is 76.9 Å². The Hall–Kier alpha value is -3.56. The van der Waals surface area contributed by atoms with Crippen LogP contribution in [0.3, 0.4) is 0 Å². The van der Waals surface area contributed by atoms with E-state index in [1.807, 2.05) is 0 Å². The third kappa shape index (κ3) is 4.18. The van der Waals surface area contributed by atoms with E-state index in [9.17, 15) is 27.2 Å². The van der Waals surface area contributed by atoms with Crippen LogP contribution in [0.4, 0.5) is 17.6 Å². The second-order valence-electron chi connectivity index (χ2n) is 7.08. The Morgan fingerprint density at radius 1 is 1.13 bits per heavy atom. The first kappa shape index (κ1) is 20.7. The highest BCUT2D eigenvalue weighted by Crippen LogP contribution is 2.33. The second kappa shape index (κ2) is 7.93. The van der Waals surface area contributed by atoms with Crippen molar-refractivity contribution >= 4 is 5.91 Å². The molecule has 31 heavy (non-hydrogen) atoms. The minimum atomic E-state index is -4.90. The standard InChI is InChI=1S/C21H16F4N4O2/c22-13-3-4-14(15(10-13)21(23,24)25)20(31)28-16-2-1-9-29-18(30)11-17(27-19(16)29)12-5-7-26-8-6-12/h3-8,10-11,16H,1-2,9H2,(H,28,31). The Morgan fingerprint density at radius 2 is 1.87 bits per heavy atom. The fourth-order valence-electron chi connectivity index (χ4n) is 3.59. The highest BCUT2D eigenvalue weighted by Gasteiger charge is 2.36. The van der Waals surface area contributed by atoms with Crippen LogP contribution >= 0.6 is 0 Å². The molecule has 0 saturated carbocycles. The summed E-state index contributed by atoms with van der Waals surface area (Å²) in [6, 6.07) is 5.81. The van der Waals surface area contributed by atoms with E-state index in [1.54, 1.807) is 24.5 Å². The lowest BCUT2D eigenvalue weighted by Crippen LogP contribution is -2.38. The normalized spacial score (nSPS) is 15.9. The van der Waals surface area contributed by atoms with Gasteiger partial charge in [-0.3, -0.25) is 19.1 Å². The molecular formula is C21H16F4N4O2. The van der Waals surface area contributed by atoms with E-state index in [-0.39, 0.29) is 17.5 Å². The van der Waals surface area contributed by atoms with E-state index in [1.165, 1.54) is 10.6 Å². The molecule has 1 aromatic carbocycles. The fraction of sp³-hybridized carbons (Fsp3) is 0.238. The molecule has 1 unspecified atom stereocenters. The molecule has 1 amide bonds. The number of alkyl halides is 3. The molecule has 1 N–H and O–H groups in total. The van der Waals surface area contributed by atoms with Gasteiger partial charge in [-0.25, -0.2) is 9.37 Å². The highest BCUT2D eigenvalue weighted by atomic mass is 19.4. The van der Waals surface area contributed by atoms with Gasteiger partial charge in [0.15, 0.2) is 0 Å². The van der Waals surface area contributed by atoms with Crippen LogP contribution in [0.15, 0.2) is 53.6 Å². The molecule has 2 aromatic heterocycles. The molecule has 0 spiro atoms. The summed E-state index contributed by atoms with van der Waals surface area (Å²) in [5, 5.41) is 2.53. The van der Waals surface area contributed by atoms with Crippen molar-refractivity contribution in [1.29, 1.82) is 0 Å². The summed E-state index contributed by atoms with van der Waals surface area (Å²) < 4.78 is 54.6. The Labute approximate surface area is 173 Å². The maximum atomic E-state index is 13.4. The smallest absolute Gasteiger partial charge is 0.342 e. The quantitative estimate of drug-likeness (QED) is 0.640. The van der Waals surface area contributed by atoms with Gasteiger partial charge in [0.1, 0.15) is 11.6 Å². The van der Waals surface area contributed by atoms with Gasteiger partial charge in [0, 0.05) is 30.6 Å². The molecule has 3 aromatic rings. The van der Waals surface area contributed by atoms with Crippen LogP contribution in [-0.4, -0.2) is 20.4 Å². The van der Waals surface area contributed by atoms with Gasteiger partial charge in [-0.05, 0) is 43.2 Å². The minimum absolute atomic E-state index is 0.259. The molecule has 3 heterocycles. The van der Waals surface area contributed by atoms with Gasteiger partial charge in [0.2, 0.25) is 0 Å². The molecule has 4 rings (SSSR count). The fourth-order valence-corrected chi connectivity index (χ4v) is 3.59. The number of fused-ring (bicyclic) bond motifs is 1. The lowest BCUT2D eigenvalue weighted by molar-refractivity contribution is -0.138. The molecule has 1 aliphatic rings. The molecule has 0 saturated heterocycles. The van der Waals surface area contributed by atoms with Crippen molar-refractivity contribution in [2.24, 2.45) is 0 Å². The minimum Gasteiger partial charge on any atom is -0.342 e. The number of rotatable bonds is 3. The lowest BCUT2D eigenvalue weighted by atomic mass is 10.0. The first-order valence-electron chi connectivity index (χ1n) is 9.44. The molecule has 6 nitrogen and oxygen atoms in total. The summed E-state index contributed by atoms with van der Waals surface area (Å²) >= 11 is 0. The van der Waals surface area contributed by atoms with E-state index in [0.29, 0.717) is 30.6 Å². The van der Waals surface area contributed by atoms with Crippen molar-refractivity contribution < 1.29 is 22.4 Å². The van der Waals surface area contributed by atoms with Crippen molar-refractivity contribution in [1.82, 2.24) is 19.9 Å². The largest absolute Gasteiger partial charge is 0.417 e. The zero-order valence-corrected chi connectivity index (χ0v) is 16.0. The number of nitrogens with one attached hydrogen (secondary N) is 1. The molecule has 10 heteroatoms. The number of carbonyl (C=O) groups is 1. The van der Waals surface area contributed by atoms with Gasteiger partial charge in [-0.1, -0.05) is 0 Å². The molecule has 0 aliphatic carbocycles. The van der Waals surface area contributed by atoms with Crippen LogP contribution in [0.2, 0.25) is 0 Å². The number of pyridine rings is 1. The second-order valence-corrected chi connectivity index (χ2v) is 7.08. The molecular weight excluding hydrogens is 416 g/mol. The van der Waals surface area contributed by atoms with Gasteiger partial charge in [0.05, 0.1) is 22.9 Å². The summed E-state index contributed by atoms with van der Waals surface area (Å²) in [4.78, 5) is 33.7. The van der Waals surface area contributed by atoms with Gasteiger partial charge in [0.25, 0.3) is 11.5 Å². The number of aromatic nitrogens is 3. The third-order valence-corrected chi connectivity index (χ3v) is 5.04. The van der Waals surface area contributed by atoms with E-state index in [0.717, 1.165) is 12.1 Å². The highest BCUT2D eigenvalue weighted by molar-refractivity contribution is 5.96. The van der Waals surface area contributed by atoms with Crippen LogP contribution < -0.4 is 10.9 Å². The molecule has 160 valence electrons. The first-order chi connectivity index (χ1) is 14.7. The predicted molar refractivity (Wildman–Crippen MR) is 103 cm³/mol. The summed E-state index contributed by atoms with van der Waals surface area (Å²) in [5.41, 5.74) is -1.37. The zero-order chi connectivity index (χ0) is 22.2. The van der Waals surface area contributed by atoms with Gasteiger partial charge in [-0.2, -0.15) is 13.2 Å². The first-order valence-corrected chi connectivity index (χ1v) is 9.44. The lowest BCUT2D eigenvalue weighted by Gasteiger charge is -2.27. The van der Waals surface area contributed by atoms with E-state index < -0.39 is 35.1 Å². The van der Waals surface area contributed by atoms with Crippen molar-refractivity contribution in [2.45, 2.75) is 31.6 Å². The summed E-state index contributed by atoms with van der Waals surface area (Å²) in [5.74, 6) is -1.86. The maximum absolute atomic E-state index is 13.4. The van der Waals surface area contributed by atoms with Crippen LogP contribution in [-0.2, 0) is 12.7 Å². The van der Waals surface area contributed by atoms with E-state index in [4.69, 9.17) is 0 Å². The van der Waals surface area contributed by atoms with Crippen molar-refractivity contribution in [3.05, 3.63) is 81.9 Å². The summed E-state index contributed by atoms with van der Waals surface area (Å²) in [7, 11) is 0. The predicted octanol–water partition coefficient (Wildman–Crippen LogP) is 3.73. The molecule has 1 aliphatic heterocycles. The molecule has 1 atom stereocenters. The molecule has 0 fully saturated rings. The average molecular weight is 432 g/mol. The number of amides is 1. The van der Waals surface area contributed by atoms with Crippen LogP contribution in [0.5, 0.6) is 0 Å². The van der Waals surface area contributed by atoms with Crippen molar-refractivity contribution in [2.75, 3.05) is 0 Å². The van der Waals surface area contributed by atoms with Crippen LogP contribution in [0.1, 0.15) is 40.6 Å². The van der Waals surface area contributed by atoms with Gasteiger partial charge >= 0.3 is 6.18 Å². The monoisotopic (exact) mass is 432 g/mol. The van der Waals surface area contributed by atoms with Crippen molar-refractivity contribution in [3.8, 4) is 11.3 Å². The van der Waals surface area contributed by atoms with E-state index >= 15 is 0 Å². The third-order valence-electron chi connectivity index (χ3n) is 5.04. The zero-order valence-electron chi connectivity index (χ0n) is 16.0. The average Bonchev–Trinajstić information content (AvgIpc) is 2.74. The number of hydrogen-bond donors (Lipinski definition) is 1. The Morgan fingerprint density at radius 3 is 2.58 bits per heavy atom. The van der Waals surface area contributed by atoms with Gasteiger partial charge in [-0.15, -0.1) is 0 Å². The molecule has 0 radical (unpaired) electrons. The number of nitrogens with zero attached hydrogens (tertiary/aromatic N) is 3. The van der Waals surface area contributed by atoms with Crippen LogP contribution in [0.25, 0.3) is 11.3 Å².